The number of anilines is 1. The standard InChI is InChI=1S/C36H21BNO6/c39-33(37-19-7-3-1-4-8-19)25-15-11-21-24-14-18-28(36(43)44)32-26(34(40)38-20-9-5-2-6-10-20)16-12-22(30(24)32)23-13-17-27(35(41)42)31(25)29(21)23/h1-18H,(H,38,40)(H,41,42)(H,43,44). The van der Waals surface area contributed by atoms with Crippen molar-refractivity contribution in [2.45, 2.75) is 0 Å². The molecular weight excluding hydrogens is 553 g/mol. The number of benzene rings is 7. The summed E-state index contributed by atoms with van der Waals surface area (Å²) in [5.41, 5.74) is 1.30. The highest BCUT2D eigenvalue weighted by atomic mass is 16.4. The lowest BCUT2D eigenvalue weighted by Gasteiger charge is -2.19. The van der Waals surface area contributed by atoms with Gasteiger partial charge < -0.3 is 20.3 Å². The third kappa shape index (κ3) is 4.23. The maximum Gasteiger partial charge on any atom is 0.336 e. The van der Waals surface area contributed by atoms with Gasteiger partial charge in [0.1, 0.15) is 5.68 Å². The molecule has 0 heterocycles. The Bertz CT molecular complexity index is 2130. The van der Waals surface area contributed by atoms with E-state index in [1.54, 1.807) is 72.8 Å². The second-order valence-corrected chi connectivity index (χ2v) is 10.5. The molecule has 0 saturated carbocycles. The number of rotatable bonds is 7. The van der Waals surface area contributed by atoms with Crippen LogP contribution in [0, 0.1) is 0 Å². The highest BCUT2D eigenvalue weighted by Gasteiger charge is 2.26. The van der Waals surface area contributed by atoms with Gasteiger partial charge in [-0.15, -0.1) is 0 Å². The monoisotopic (exact) mass is 574 g/mol. The lowest BCUT2D eigenvalue weighted by Crippen LogP contribution is -2.24. The number of fused-ring (bicyclic) bond motifs is 2. The van der Waals surface area contributed by atoms with E-state index in [-0.39, 0.29) is 33.3 Å². The van der Waals surface area contributed by atoms with E-state index in [0.717, 1.165) is 0 Å². The predicted octanol–water partition coefficient (Wildman–Crippen LogP) is 6.56. The summed E-state index contributed by atoms with van der Waals surface area (Å²) in [5.74, 6) is -2.82. The summed E-state index contributed by atoms with van der Waals surface area (Å²) in [6.45, 7) is 0. The van der Waals surface area contributed by atoms with Crippen LogP contribution in [0.15, 0.2) is 109 Å². The van der Waals surface area contributed by atoms with E-state index in [2.05, 4.69) is 5.32 Å². The van der Waals surface area contributed by atoms with Gasteiger partial charge in [0.05, 0.1) is 11.1 Å². The summed E-state index contributed by atoms with van der Waals surface area (Å²) in [6, 6.07) is 31.0. The third-order valence-corrected chi connectivity index (χ3v) is 8.00. The van der Waals surface area contributed by atoms with Crippen molar-refractivity contribution in [1.82, 2.24) is 0 Å². The van der Waals surface area contributed by atoms with Crippen LogP contribution < -0.4 is 10.8 Å². The molecule has 7 rings (SSSR count). The van der Waals surface area contributed by atoms with Gasteiger partial charge in [0.2, 0.25) is 7.28 Å². The van der Waals surface area contributed by atoms with Crippen molar-refractivity contribution in [1.29, 1.82) is 0 Å². The van der Waals surface area contributed by atoms with E-state index in [0.29, 0.717) is 48.9 Å². The molecule has 0 aliphatic carbocycles. The number of nitrogens with one attached hydrogen (secondary N) is 1. The summed E-state index contributed by atoms with van der Waals surface area (Å²) in [4.78, 5) is 52.1. The van der Waals surface area contributed by atoms with Crippen LogP contribution in [0.3, 0.4) is 0 Å². The largest absolute Gasteiger partial charge is 0.478 e. The van der Waals surface area contributed by atoms with Gasteiger partial charge in [0, 0.05) is 27.6 Å². The summed E-state index contributed by atoms with van der Waals surface area (Å²) < 4.78 is 0. The number of carbonyl (C=O) groups is 4. The van der Waals surface area contributed by atoms with Crippen LogP contribution in [0.1, 0.15) is 41.4 Å². The molecule has 7 aromatic carbocycles. The molecule has 0 aromatic heterocycles. The minimum absolute atomic E-state index is 0.0175. The second kappa shape index (κ2) is 10.4. The van der Waals surface area contributed by atoms with Gasteiger partial charge in [-0.05, 0) is 62.6 Å². The van der Waals surface area contributed by atoms with Crippen molar-refractivity contribution < 1.29 is 29.4 Å². The molecule has 0 aliphatic rings. The molecule has 0 unspecified atom stereocenters. The minimum Gasteiger partial charge on any atom is -0.478 e. The average Bonchev–Trinajstić information content (AvgIpc) is 3.03. The van der Waals surface area contributed by atoms with Crippen LogP contribution in [0.5, 0.6) is 0 Å². The Hall–Kier alpha value is -6.02. The van der Waals surface area contributed by atoms with Gasteiger partial charge in [-0.1, -0.05) is 84.3 Å². The van der Waals surface area contributed by atoms with E-state index < -0.39 is 17.8 Å². The molecule has 0 atom stereocenters. The van der Waals surface area contributed by atoms with E-state index >= 15 is 0 Å². The molecule has 1 amide bonds. The zero-order chi connectivity index (χ0) is 30.5. The Kier molecular flexibility index (Phi) is 6.32. The fraction of sp³-hybridized carbons (Fsp3) is 0. The topological polar surface area (TPSA) is 121 Å². The SMILES string of the molecule is O=C(O)c1ccc2c3ccc(C(=O)Nc4ccccc4)c4c(C(=O)O)ccc(c5ccc(C(=O)[B]c6ccccc6)c1c52)c43. The molecule has 7 aromatic rings. The Morgan fingerprint density at radius 1 is 0.477 bits per heavy atom. The summed E-state index contributed by atoms with van der Waals surface area (Å²) in [7, 11) is 1.48. The van der Waals surface area contributed by atoms with Crippen molar-refractivity contribution in [3.8, 4) is 0 Å². The smallest absolute Gasteiger partial charge is 0.336 e. The van der Waals surface area contributed by atoms with Gasteiger partial charge in [0.25, 0.3) is 5.91 Å². The molecule has 8 heteroatoms. The molecule has 44 heavy (non-hydrogen) atoms. The first kappa shape index (κ1) is 26.9. The first-order chi connectivity index (χ1) is 21.3. The number of amides is 1. The maximum atomic E-state index is 13.6. The van der Waals surface area contributed by atoms with Crippen molar-refractivity contribution in [2.75, 3.05) is 5.32 Å². The minimum atomic E-state index is -1.18. The van der Waals surface area contributed by atoms with Crippen LogP contribution in [0.2, 0.25) is 0 Å². The second-order valence-electron chi connectivity index (χ2n) is 10.5. The zero-order valence-corrected chi connectivity index (χ0v) is 23.0. The lowest BCUT2D eigenvalue weighted by molar-refractivity contribution is 0.0688. The van der Waals surface area contributed by atoms with Crippen molar-refractivity contribution in [3.63, 3.8) is 0 Å². The Balaban J connectivity index is 1.54. The van der Waals surface area contributed by atoms with Crippen LogP contribution >= 0.6 is 0 Å². The van der Waals surface area contributed by atoms with Gasteiger partial charge in [-0.2, -0.15) is 0 Å². The molecule has 0 spiro atoms. The zero-order valence-electron chi connectivity index (χ0n) is 23.0. The number of carboxylic acids is 2. The first-order valence-electron chi connectivity index (χ1n) is 13.8. The fourth-order valence-electron chi connectivity index (χ4n) is 6.14. The fourth-order valence-corrected chi connectivity index (χ4v) is 6.14. The molecule has 209 valence electrons. The summed E-state index contributed by atoms with van der Waals surface area (Å²) in [6.07, 6.45) is 0. The highest BCUT2D eigenvalue weighted by molar-refractivity contribution is 6.87. The summed E-state index contributed by atoms with van der Waals surface area (Å²) >= 11 is 0. The van der Waals surface area contributed by atoms with Crippen LogP contribution in [0.4, 0.5) is 5.69 Å². The van der Waals surface area contributed by atoms with E-state index in [1.165, 1.54) is 19.4 Å². The number of hydrogen-bond acceptors (Lipinski definition) is 4. The summed E-state index contributed by atoms with van der Waals surface area (Å²) in [5, 5.41) is 27.5. The molecule has 0 saturated heterocycles. The Morgan fingerprint density at radius 2 is 0.909 bits per heavy atom. The quantitative estimate of drug-likeness (QED) is 0.113. The lowest BCUT2D eigenvalue weighted by atomic mass is 9.63. The van der Waals surface area contributed by atoms with Crippen LogP contribution in [-0.4, -0.2) is 41.0 Å². The number of aromatic carboxylic acids is 2. The number of para-hydroxylation sites is 1. The Morgan fingerprint density at radius 3 is 1.41 bits per heavy atom. The van der Waals surface area contributed by atoms with Gasteiger partial charge in [-0.25, -0.2) is 9.59 Å². The molecule has 0 bridgehead atoms. The van der Waals surface area contributed by atoms with Crippen molar-refractivity contribution in [2.24, 2.45) is 0 Å². The highest BCUT2D eigenvalue weighted by Crippen LogP contribution is 2.44. The third-order valence-electron chi connectivity index (χ3n) is 8.00. The van der Waals surface area contributed by atoms with E-state index in [4.69, 9.17) is 0 Å². The number of carbonyl (C=O) groups excluding carboxylic acids is 2. The van der Waals surface area contributed by atoms with Gasteiger partial charge in [0.15, 0.2) is 0 Å². The first-order valence-corrected chi connectivity index (χ1v) is 13.8. The van der Waals surface area contributed by atoms with Crippen molar-refractivity contribution >= 4 is 85.0 Å². The predicted molar refractivity (Wildman–Crippen MR) is 172 cm³/mol. The van der Waals surface area contributed by atoms with Gasteiger partial charge >= 0.3 is 11.9 Å². The van der Waals surface area contributed by atoms with Crippen molar-refractivity contribution in [3.05, 3.63) is 131 Å². The molecule has 3 N–H and O–H groups in total. The Labute approximate surface area is 250 Å². The van der Waals surface area contributed by atoms with Crippen LogP contribution in [0.25, 0.3) is 43.1 Å². The van der Waals surface area contributed by atoms with E-state index in [9.17, 15) is 29.4 Å². The maximum absolute atomic E-state index is 13.6. The van der Waals surface area contributed by atoms with Crippen LogP contribution in [-0.2, 0) is 0 Å². The molecular formula is C36H21BNO6. The van der Waals surface area contributed by atoms with E-state index in [1.807, 2.05) is 24.3 Å². The molecule has 1 radical (unpaired) electrons. The number of carboxylic acid groups (broad SMARTS) is 2. The molecule has 0 fully saturated rings. The van der Waals surface area contributed by atoms with Gasteiger partial charge in [-0.3, -0.25) is 4.79 Å². The average molecular weight is 574 g/mol. The molecule has 0 aliphatic heterocycles. The number of hydrogen-bond donors (Lipinski definition) is 3. The molecule has 7 nitrogen and oxygen atoms in total. The normalized spacial score (nSPS) is 11.3.